The molecule has 6 nitrogen and oxygen atoms in total. The van der Waals surface area contributed by atoms with Gasteiger partial charge in [0.1, 0.15) is 0 Å². The van der Waals surface area contributed by atoms with Crippen LogP contribution in [0.15, 0.2) is 69.9 Å². The molecule has 3 aliphatic rings. The van der Waals surface area contributed by atoms with Crippen LogP contribution in [0.25, 0.3) is 11.1 Å². The second-order valence-corrected chi connectivity index (χ2v) is 9.46. The van der Waals surface area contributed by atoms with E-state index in [0.29, 0.717) is 29.5 Å². The Labute approximate surface area is 190 Å². The van der Waals surface area contributed by atoms with Crippen LogP contribution in [-0.2, 0) is 10.2 Å². The Morgan fingerprint density at radius 1 is 1.28 bits per heavy atom. The molecule has 8 heteroatoms. The number of nitrogens with one attached hydrogen (secondary N) is 2. The van der Waals surface area contributed by atoms with Crippen molar-refractivity contribution in [3.8, 4) is 11.1 Å². The highest BCUT2D eigenvalue weighted by molar-refractivity contribution is 6.33. The largest absolute Gasteiger partial charge is 0.362 e. The number of fused-ring (bicyclic) bond motifs is 1. The molecule has 0 bridgehead atoms. The summed E-state index contributed by atoms with van der Waals surface area (Å²) in [6.07, 6.45) is 5.26. The zero-order chi connectivity index (χ0) is 22.7. The maximum Gasteiger partial charge on any atom is 0.250 e. The van der Waals surface area contributed by atoms with Crippen molar-refractivity contribution in [2.45, 2.75) is 50.7 Å². The quantitative estimate of drug-likeness (QED) is 0.687. The molecule has 1 aromatic carbocycles. The molecule has 2 atom stereocenters. The predicted octanol–water partition coefficient (Wildman–Crippen LogP) is 5.02. The van der Waals surface area contributed by atoms with Crippen LogP contribution in [0.4, 0.5) is 4.39 Å². The Balaban J connectivity index is 1.76. The van der Waals surface area contributed by atoms with Crippen LogP contribution in [0.1, 0.15) is 39.2 Å². The van der Waals surface area contributed by atoms with Crippen LogP contribution < -0.4 is 10.6 Å². The van der Waals surface area contributed by atoms with E-state index >= 15 is 0 Å². The van der Waals surface area contributed by atoms with Gasteiger partial charge in [-0.3, -0.25) is 9.78 Å². The zero-order valence-electron chi connectivity index (χ0n) is 18.0. The average molecular weight is 452 g/mol. The number of benzene rings is 1. The molecular weight excluding hydrogens is 429 g/mol. The molecule has 2 N–H and O–H groups in total. The van der Waals surface area contributed by atoms with Crippen molar-refractivity contribution in [3.05, 3.63) is 76.1 Å². The Hall–Kier alpha value is -3.06. The Kier molecular flexibility index (Phi) is 4.71. The third kappa shape index (κ3) is 2.98. The minimum absolute atomic E-state index is 0.115. The minimum atomic E-state index is -0.749. The van der Waals surface area contributed by atoms with Crippen LogP contribution in [0.3, 0.4) is 0 Å². The molecular formula is C24H23ClFN5O. The summed E-state index contributed by atoms with van der Waals surface area (Å²) in [6.45, 7) is 6.05. The van der Waals surface area contributed by atoms with Gasteiger partial charge in [0.2, 0.25) is 0 Å². The third-order valence-electron chi connectivity index (χ3n) is 6.53. The van der Waals surface area contributed by atoms with Gasteiger partial charge < -0.3 is 10.6 Å². The molecule has 4 heterocycles. The summed E-state index contributed by atoms with van der Waals surface area (Å²) >= 11 is 6.30. The van der Waals surface area contributed by atoms with Crippen molar-refractivity contribution in [1.82, 2.24) is 15.6 Å². The topological polar surface area (TPSA) is 78.7 Å². The second kappa shape index (κ2) is 7.24. The lowest BCUT2D eigenvalue weighted by molar-refractivity contribution is -0.120. The van der Waals surface area contributed by atoms with E-state index < -0.39 is 11.2 Å². The molecule has 0 aliphatic carbocycles. The molecule has 1 unspecified atom stereocenters. The number of carbonyl (C=O) groups is 1. The first kappa shape index (κ1) is 20.8. The summed E-state index contributed by atoms with van der Waals surface area (Å²) in [5, 5.41) is 15.3. The van der Waals surface area contributed by atoms with Gasteiger partial charge in [0, 0.05) is 35.0 Å². The number of amides is 1. The summed E-state index contributed by atoms with van der Waals surface area (Å²) < 4.78 is 14.6. The summed E-state index contributed by atoms with van der Waals surface area (Å²) in [6, 6.07) is 7.56. The third-order valence-corrected chi connectivity index (χ3v) is 6.82. The predicted molar refractivity (Wildman–Crippen MR) is 120 cm³/mol. The van der Waals surface area contributed by atoms with Gasteiger partial charge in [-0.2, -0.15) is 10.2 Å². The standard InChI is InChI=1S/C24H23ClFN5O/c1-4-24(14-7-5-6-13(8-14)19-16(25)11-27-12-17(19)26)15-10-28-31-21(15)29-18-9-23(2,3)30-22(32)20(18)24/h5-8,10-12,21,29H,4,9H2,1-3H3,(H,30,32)/t21?,24-/m1/s1. The van der Waals surface area contributed by atoms with Crippen molar-refractivity contribution in [2.24, 2.45) is 10.2 Å². The fourth-order valence-electron chi connectivity index (χ4n) is 5.23. The van der Waals surface area contributed by atoms with E-state index in [4.69, 9.17) is 11.6 Å². The van der Waals surface area contributed by atoms with Crippen LogP contribution in [0.2, 0.25) is 5.02 Å². The number of carbonyl (C=O) groups excluding carboxylic acids is 1. The Morgan fingerprint density at radius 3 is 2.84 bits per heavy atom. The van der Waals surface area contributed by atoms with E-state index in [-0.39, 0.29) is 22.6 Å². The number of pyridine rings is 1. The van der Waals surface area contributed by atoms with Crippen molar-refractivity contribution in [1.29, 1.82) is 0 Å². The van der Waals surface area contributed by atoms with Crippen molar-refractivity contribution in [3.63, 3.8) is 0 Å². The molecule has 5 rings (SSSR count). The van der Waals surface area contributed by atoms with Gasteiger partial charge in [-0.15, -0.1) is 0 Å². The number of hydrogen-bond donors (Lipinski definition) is 2. The summed E-state index contributed by atoms with van der Waals surface area (Å²) in [5.74, 6) is -0.610. The molecule has 32 heavy (non-hydrogen) atoms. The van der Waals surface area contributed by atoms with Crippen molar-refractivity contribution < 1.29 is 9.18 Å². The smallest absolute Gasteiger partial charge is 0.250 e. The fraction of sp³-hybridized carbons (Fsp3) is 0.333. The highest BCUT2D eigenvalue weighted by Crippen LogP contribution is 2.51. The van der Waals surface area contributed by atoms with Crippen LogP contribution in [0.5, 0.6) is 0 Å². The van der Waals surface area contributed by atoms with E-state index in [1.54, 1.807) is 6.20 Å². The molecule has 0 fully saturated rings. The summed E-state index contributed by atoms with van der Waals surface area (Å²) in [4.78, 5) is 17.3. The van der Waals surface area contributed by atoms with E-state index in [1.165, 1.54) is 6.20 Å². The Morgan fingerprint density at radius 2 is 2.09 bits per heavy atom. The molecule has 1 amide bonds. The number of halogens is 2. The monoisotopic (exact) mass is 451 g/mol. The van der Waals surface area contributed by atoms with E-state index in [0.717, 1.165) is 23.0 Å². The zero-order valence-corrected chi connectivity index (χ0v) is 18.8. The molecule has 0 saturated carbocycles. The lowest BCUT2D eigenvalue weighted by Gasteiger charge is -2.48. The molecule has 2 aromatic rings. The number of hydrogen-bond acceptors (Lipinski definition) is 5. The van der Waals surface area contributed by atoms with Crippen LogP contribution in [-0.4, -0.2) is 22.6 Å². The van der Waals surface area contributed by atoms with Gasteiger partial charge in [-0.25, -0.2) is 4.39 Å². The first-order valence-electron chi connectivity index (χ1n) is 10.6. The average Bonchev–Trinajstić information content (AvgIpc) is 3.20. The number of rotatable bonds is 3. The number of azo groups is 1. The van der Waals surface area contributed by atoms with Gasteiger partial charge >= 0.3 is 0 Å². The van der Waals surface area contributed by atoms with Crippen molar-refractivity contribution in [2.75, 3.05) is 0 Å². The fourth-order valence-corrected chi connectivity index (χ4v) is 5.49. The van der Waals surface area contributed by atoms with Crippen LogP contribution >= 0.6 is 11.6 Å². The number of nitrogens with zero attached hydrogens (tertiary/aromatic N) is 3. The first-order valence-corrected chi connectivity index (χ1v) is 11.0. The second-order valence-electron chi connectivity index (χ2n) is 9.05. The number of aromatic nitrogens is 1. The molecule has 164 valence electrons. The normalized spacial score (nSPS) is 25.6. The summed E-state index contributed by atoms with van der Waals surface area (Å²) in [7, 11) is 0. The lowest BCUT2D eigenvalue weighted by atomic mass is 9.62. The highest BCUT2D eigenvalue weighted by atomic mass is 35.5. The van der Waals surface area contributed by atoms with Gasteiger partial charge in [0.05, 0.1) is 28.4 Å². The maximum absolute atomic E-state index is 14.6. The van der Waals surface area contributed by atoms with E-state index in [2.05, 4.69) is 25.8 Å². The van der Waals surface area contributed by atoms with Gasteiger partial charge in [0.25, 0.3) is 5.91 Å². The lowest BCUT2D eigenvalue weighted by Crippen LogP contribution is -2.58. The first-order chi connectivity index (χ1) is 15.3. The maximum atomic E-state index is 14.6. The molecule has 0 saturated heterocycles. The van der Waals surface area contributed by atoms with E-state index in [9.17, 15) is 9.18 Å². The molecule has 1 aromatic heterocycles. The molecule has 0 spiro atoms. The SMILES string of the molecule is CC[C@@]1(c2cccc(-c3c(F)cncc3Cl)c2)C2=CN=NC2NC2=C1C(=O)NC(C)(C)C2. The van der Waals surface area contributed by atoms with Gasteiger partial charge in [0.15, 0.2) is 12.0 Å². The van der Waals surface area contributed by atoms with Gasteiger partial charge in [-0.05, 0) is 37.5 Å². The minimum Gasteiger partial charge on any atom is -0.362 e. The molecule has 3 aliphatic heterocycles. The van der Waals surface area contributed by atoms with E-state index in [1.807, 2.05) is 45.0 Å². The van der Waals surface area contributed by atoms with Gasteiger partial charge in [-0.1, -0.05) is 36.7 Å². The molecule has 0 radical (unpaired) electrons. The Bertz CT molecular complexity index is 1210. The van der Waals surface area contributed by atoms with Crippen LogP contribution in [0, 0.1) is 5.82 Å². The summed E-state index contributed by atoms with van der Waals surface area (Å²) in [5.41, 5.74) is 3.12. The van der Waals surface area contributed by atoms with Crippen molar-refractivity contribution >= 4 is 17.5 Å². The highest BCUT2D eigenvalue weighted by Gasteiger charge is 2.53.